The summed E-state index contributed by atoms with van der Waals surface area (Å²) in [5.41, 5.74) is 4.21. The van der Waals surface area contributed by atoms with Crippen LogP contribution in [0.15, 0.2) is 59.1 Å². The number of amides is 1. The number of carbonyl (C=O) groups is 3. The van der Waals surface area contributed by atoms with Gasteiger partial charge in [0.05, 0.1) is 17.6 Å². The predicted molar refractivity (Wildman–Crippen MR) is 148 cm³/mol. The van der Waals surface area contributed by atoms with E-state index in [2.05, 4.69) is 5.32 Å². The number of fused-ring (bicyclic) bond motifs is 3. The lowest BCUT2D eigenvalue weighted by Crippen LogP contribution is -2.63. The molecule has 0 saturated carbocycles. The molecule has 1 amide bonds. The van der Waals surface area contributed by atoms with Gasteiger partial charge >= 0.3 is 0 Å². The summed E-state index contributed by atoms with van der Waals surface area (Å²) < 4.78 is 12.9. The van der Waals surface area contributed by atoms with Gasteiger partial charge in [-0.25, -0.2) is 4.39 Å². The van der Waals surface area contributed by atoms with Gasteiger partial charge in [-0.3, -0.25) is 19.3 Å². The number of alkyl halides is 1. The first-order valence-electron chi connectivity index (χ1n) is 13.2. The standard InChI is InChI=1S/C30H32FN3O7/c1-13(12-31)33-16-6-4-14(5-7-16)17-8-9-20(35)22-18(17)10-15-11-19-24(34(2)3)26(37)23(29(32)40)28(39)30(19,41)27(38)21(15)25(22)36/h4-9,13,15,19,24,33,35,37-38,41H,10-12H2,1-3H3,(H2,32,40)/t13?,15-,19-,24-,30-/m0/s1. The third-order valence-corrected chi connectivity index (χ3v) is 8.45. The molecule has 216 valence electrons. The van der Waals surface area contributed by atoms with Gasteiger partial charge in [-0.15, -0.1) is 0 Å². The molecule has 0 bridgehead atoms. The Morgan fingerprint density at radius 1 is 1.15 bits per heavy atom. The van der Waals surface area contributed by atoms with Crippen LogP contribution in [-0.2, 0) is 16.0 Å². The van der Waals surface area contributed by atoms with Crippen LogP contribution < -0.4 is 11.1 Å². The number of carbonyl (C=O) groups excluding carboxylic acids is 3. The van der Waals surface area contributed by atoms with Crippen LogP contribution in [0.2, 0.25) is 0 Å². The number of aliphatic hydroxyl groups is 3. The van der Waals surface area contributed by atoms with Crippen molar-refractivity contribution in [1.82, 2.24) is 4.90 Å². The van der Waals surface area contributed by atoms with Crippen molar-refractivity contribution in [2.45, 2.75) is 37.5 Å². The highest BCUT2D eigenvalue weighted by Gasteiger charge is 2.63. The van der Waals surface area contributed by atoms with Crippen molar-refractivity contribution in [2.75, 3.05) is 26.1 Å². The van der Waals surface area contributed by atoms with E-state index in [1.165, 1.54) is 11.0 Å². The van der Waals surface area contributed by atoms with E-state index in [9.17, 15) is 39.2 Å². The molecule has 0 heterocycles. The number of nitrogens with zero attached hydrogens (tertiary/aromatic N) is 1. The number of hydrogen-bond acceptors (Lipinski definition) is 9. The zero-order chi connectivity index (χ0) is 30.0. The SMILES string of the molecule is CC(CF)Nc1ccc(-c2ccc(O)c3c2C[C@H]2C[C@H]4[C@H](N(C)C)C(O)=C(C(N)=O)C(=O)[C@@]4(O)C(O)=C2C3=O)cc1. The van der Waals surface area contributed by atoms with E-state index in [1.807, 2.05) is 12.1 Å². The molecule has 0 fully saturated rings. The summed E-state index contributed by atoms with van der Waals surface area (Å²) >= 11 is 0. The van der Waals surface area contributed by atoms with Crippen LogP contribution in [0, 0.1) is 11.8 Å². The molecule has 2 aromatic carbocycles. The molecule has 3 aliphatic rings. The second-order valence-corrected chi connectivity index (χ2v) is 11.2. The van der Waals surface area contributed by atoms with Crippen molar-refractivity contribution in [3.05, 3.63) is 70.2 Å². The fraction of sp³-hybridized carbons (Fsp3) is 0.367. The summed E-state index contributed by atoms with van der Waals surface area (Å²) in [6.07, 6.45) is 0.183. The lowest BCUT2D eigenvalue weighted by Gasteiger charge is -2.50. The number of hydrogen-bond donors (Lipinski definition) is 6. The number of allylic oxidation sites excluding steroid dienone is 1. The first kappa shape index (κ1) is 28.3. The lowest BCUT2D eigenvalue weighted by molar-refractivity contribution is -0.148. The normalized spacial score (nSPS) is 26.4. The number of likely N-dealkylation sites (N-methyl/N-ethyl adjacent to an activating group) is 1. The molecular weight excluding hydrogens is 533 g/mol. The van der Waals surface area contributed by atoms with Gasteiger partial charge in [-0.2, -0.15) is 0 Å². The van der Waals surface area contributed by atoms with Gasteiger partial charge in [0.25, 0.3) is 5.91 Å². The largest absolute Gasteiger partial charge is 0.510 e. The van der Waals surface area contributed by atoms with E-state index >= 15 is 0 Å². The average Bonchev–Trinajstić information content (AvgIpc) is 2.91. The molecule has 7 N–H and O–H groups in total. The minimum atomic E-state index is -2.68. The van der Waals surface area contributed by atoms with Crippen molar-refractivity contribution < 1.29 is 39.2 Å². The summed E-state index contributed by atoms with van der Waals surface area (Å²) in [6.45, 7) is 1.18. The number of nitrogens with two attached hydrogens (primary N) is 1. The van der Waals surface area contributed by atoms with Gasteiger partial charge in [0.2, 0.25) is 5.78 Å². The van der Waals surface area contributed by atoms with Crippen molar-refractivity contribution in [2.24, 2.45) is 17.6 Å². The molecule has 0 aliphatic heterocycles. The van der Waals surface area contributed by atoms with Gasteiger partial charge in [0, 0.05) is 17.2 Å². The average molecular weight is 566 g/mol. The zero-order valence-corrected chi connectivity index (χ0v) is 22.8. The number of halogens is 1. The Morgan fingerprint density at radius 2 is 1.80 bits per heavy atom. The maximum absolute atomic E-state index is 13.9. The number of phenolic OH excluding ortho intramolecular Hbond substituents is 1. The molecule has 0 radical (unpaired) electrons. The number of anilines is 1. The highest BCUT2D eigenvalue weighted by atomic mass is 19.1. The third kappa shape index (κ3) is 4.18. The summed E-state index contributed by atoms with van der Waals surface area (Å²) in [5, 5.41) is 47.8. The summed E-state index contributed by atoms with van der Waals surface area (Å²) in [5.74, 6) is -6.91. The Labute approximate surface area is 235 Å². The first-order chi connectivity index (χ1) is 19.3. The minimum Gasteiger partial charge on any atom is -0.510 e. The van der Waals surface area contributed by atoms with Crippen LogP contribution in [0.3, 0.4) is 0 Å². The number of rotatable bonds is 6. The van der Waals surface area contributed by atoms with Crippen molar-refractivity contribution in [3.8, 4) is 16.9 Å². The predicted octanol–water partition coefficient (Wildman–Crippen LogP) is 2.56. The van der Waals surface area contributed by atoms with Crippen LogP contribution >= 0.6 is 0 Å². The van der Waals surface area contributed by atoms with Gasteiger partial charge in [0.15, 0.2) is 11.4 Å². The Morgan fingerprint density at radius 3 is 2.39 bits per heavy atom. The van der Waals surface area contributed by atoms with E-state index in [-0.39, 0.29) is 35.8 Å². The molecule has 2 aromatic rings. The summed E-state index contributed by atoms with van der Waals surface area (Å²) in [7, 11) is 3.16. The number of ketones is 2. The number of Topliss-reactive ketones (excluding diaryl/α,β-unsaturated/α-hetero) is 2. The minimum absolute atomic E-state index is 0.00480. The lowest BCUT2D eigenvalue weighted by atomic mass is 9.58. The molecule has 0 spiro atoms. The maximum atomic E-state index is 13.9. The van der Waals surface area contributed by atoms with Gasteiger partial charge in [0.1, 0.15) is 29.5 Å². The molecule has 0 saturated heterocycles. The number of benzene rings is 2. The Kier molecular flexibility index (Phi) is 6.91. The molecule has 5 atom stereocenters. The molecular formula is C30H32FN3O7. The van der Waals surface area contributed by atoms with Crippen molar-refractivity contribution in [1.29, 1.82) is 0 Å². The summed E-state index contributed by atoms with van der Waals surface area (Å²) in [6, 6.07) is 8.80. The van der Waals surface area contributed by atoms with E-state index in [1.54, 1.807) is 39.2 Å². The molecule has 1 unspecified atom stereocenters. The smallest absolute Gasteiger partial charge is 0.255 e. The third-order valence-electron chi connectivity index (χ3n) is 8.45. The van der Waals surface area contributed by atoms with E-state index < -0.39 is 64.7 Å². The second kappa shape index (κ2) is 10.0. The van der Waals surface area contributed by atoms with Crippen LogP contribution in [-0.4, -0.2) is 81.3 Å². The van der Waals surface area contributed by atoms with Crippen molar-refractivity contribution in [3.63, 3.8) is 0 Å². The number of aromatic hydroxyl groups is 1. The van der Waals surface area contributed by atoms with Gasteiger partial charge in [-0.05, 0) is 74.7 Å². The molecule has 41 heavy (non-hydrogen) atoms. The van der Waals surface area contributed by atoms with Crippen LogP contribution in [0.1, 0.15) is 29.3 Å². The molecule has 0 aromatic heterocycles. The first-order valence-corrected chi connectivity index (χ1v) is 13.2. The van der Waals surface area contributed by atoms with E-state index in [0.717, 1.165) is 5.56 Å². The topological polar surface area (TPSA) is 173 Å². The van der Waals surface area contributed by atoms with Crippen molar-refractivity contribution >= 4 is 23.2 Å². The van der Waals surface area contributed by atoms with Crippen LogP contribution in [0.4, 0.5) is 10.1 Å². The quantitative estimate of drug-likeness (QED) is 0.288. The van der Waals surface area contributed by atoms with E-state index in [0.29, 0.717) is 16.8 Å². The van der Waals surface area contributed by atoms with Gasteiger partial charge < -0.3 is 31.5 Å². The number of aliphatic hydroxyl groups excluding tert-OH is 2. The van der Waals surface area contributed by atoms with E-state index in [4.69, 9.17) is 5.73 Å². The second-order valence-electron chi connectivity index (χ2n) is 11.2. The maximum Gasteiger partial charge on any atom is 0.255 e. The molecule has 10 nitrogen and oxygen atoms in total. The molecule has 3 aliphatic carbocycles. The fourth-order valence-electron chi connectivity index (χ4n) is 6.59. The van der Waals surface area contributed by atoms with Gasteiger partial charge in [-0.1, -0.05) is 18.2 Å². The highest BCUT2D eigenvalue weighted by molar-refractivity contribution is 6.24. The fourth-order valence-corrected chi connectivity index (χ4v) is 6.59. The van der Waals surface area contributed by atoms with Crippen LogP contribution in [0.5, 0.6) is 5.75 Å². The Balaban J connectivity index is 1.63. The Hall–Kier alpha value is -4.22. The summed E-state index contributed by atoms with van der Waals surface area (Å²) in [4.78, 5) is 40.9. The number of primary amides is 1. The monoisotopic (exact) mass is 565 g/mol. The highest BCUT2D eigenvalue weighted by Crippen LogP contribution is 2.53. The zero-order valence-electron chi connectivity index (χ0n) is 22.8. The van der Waals surface area contributed by atoms with Crippen LogP contribution in [0.25, 0.3) is 11.1 Å². The molecule has 5 rings (SSSR count). The number of nitrogens with one attached hydrogen (secondary N) is 1. The Bertz CT molecular complexity index is 1530. The number of phenols is 1. The molecule has 11 heteroatoms.